The van der Waals surface area contributed by atoms with Crippen LogP contribution in [-0.4, -0.2) is 10.9 Å². The minimum atomic E-state index is -0.0693. The number of anilines is 1. The maximum Gasteiger partial charge on any atom is 0.221 e. The molecular weight excluding hydrogens is 294 g/mol. The van der Waals surface area contributed by atoms with Gasteiger partial charge in [0.05, 0.1) is 6.20 Å². The Labute approximate surface area is 127 Å². The molecule has 0 saturated carbocycles. The number of hydrogen-bond acceptors (Lipinski definition) is 4. The summed E-state index contributed by atoms with van der Waals surface area (Å²) in [5.74, 6) is -0.0693. The van der Waals surface area contributed by atoms with Gasteiger partial charge in [-0.15, -0.1) is 11.3 Å². The minimum absolute atomic E-state index is 0.0693. The van der Waals surface area contributed by atoms with Gasteiger partial charge in [0, 0.05) is 25.2 Å². The Morgan fingerprint density at radius 1 is 1.50 bits per heavy atom. The lowest BCUT2D eigenvalue weighted by atomic mass is 10.1. The van der Waals surface area contributed by atoms with Gasteiger partial charge in [-0.1, -0.05) is 23.7 Å². The van der Waals surface area contributed by atoms with E-state index < -0.39 is 0 Å². The van der Waals surface area contributed by atoms with Crippen LogP contribution < -0.4 is 10.6 Å². The lowest BCUT2D eigenvalue weighted by Gasteiger charge is -2.14. The topological polar surface area (TPSA) is 54.0 Å². The average molecular weight is 310 g/mol. The molecule has 6 heteroatoms. The number of hydrogen-bond donors (Lipinski definition) is 2. The Kier molecular flexibility index (Phi) is 5.11. The van der Waals surface area contributed by atoms with Crippen LogP contribution in [0.15, 0.2) is 30.5 Å². The fourth-order valence-electron chi connectivity index (χ4n) is 1.82. The van der Waals surface area contributed by atoms with Crippen molar-refractivity contribution in [2.75, 3.05) is 5.32 Å². The van der Waals surface area contributed by atoms with Gasteiger partial charge < -0.3 is 10.6 Å². The number of carbonyl (C=O) groups excluding carboxylic acids is 1. The van der Waals surface area contributed by atoms with Crippen LogP contribution in [0.3, 0.4) is 0 Å². The lowest BCUT2D eigenvalue weighted by molar-refractivity contribution is -0.114. The lowest BCUT2D eigenvalue weighted by Crippen LogP contribution is -2.18. The van der Waals surface area contributed by atoms with Crippen molar-refractivity contribution in [1.82, 2.24) is 10.3 Å². The molecule has 4 nitrogen and oxygen atoms in total. The van der Waals surface area contributed by atoms with Crippen LogP contribution in [0.5, 0.6) is 0 Å². The Bertz CT molecular complexity index is 600. The summed E-state index contributed by atoms with van der Waals surface area (Å²) >= 11 is 7.32. The van der Waals surface area contributed by atoms with E-state index in [1.165, 1.54) is 18.3 Å². The van der Waals surface area contributed by atoms with Crippen LogP contribution in [0.4, 0.5) is 5.69 Å². The molecule has 0 aliphatic heterocycles. The molecule has 1 aromatic carbocycles. The normalized spacial score (nSPS) is 12.2. The standard InChI is InChI=1S/C14H16ClN3OS/c1-9(16-8-14-17-7-13(15)20-14)11-4-3-5-12(6-11)18-10(2)19/h3-7,9,16H,8H2,1-2H3,(H,18,19). The predicted octanol–water partition coefficient (Wildman–Crippen LogP) is 3.61. The molecule has 0 bridgehead atoms. The average Bonchev–Trinajstić information content (AvgIpc) is 2.81. The van der Waals surface area contributed by atoms with E-state index in [-0.39, 0.29) is 11.9 Å². The maximum absolute atomic E-state index is 11.1. The quantitative estimate of drug-likeness (QED) is 0.887. The summed E-state index contributed by atoms with van der Waals surface area (Å²) < 4.78 is 0.696. The number of nitrogens with zero attached hydrogens (tertiary/aromatic N) is 1. The number of nitrogens with one attached hydrogen (secondary N) is 2. The first kappa shape index (κ1) is 15.0. The van der Waals surface area contributed by atoms with Crippen LogP contribution in [0.2, 0.25) is 4.34 Å². The molecule has 0 aliphatic rings. The monoisotopic (exact) mass is 309 g/mol. The number of aromatic nitrogens is 1. The van der Waals surface area contributed by atoms with Gasteiger partial charge in [0.15, 0.2) is 0 Å². The Morgan fingerprint density at radius 3 is 2.95 bits per heavy atom. The second-order valence-electron chi connectivity index (χ2n) is 4.47. The third-order valence-electron chi connectivity index (χ3n) is 2.79. The molecule has 2 N–H and O–H groups in total. The second kappa shape index (κ2) is 6.83. The van der Waals surface area contributed by atoms with Gasteiger partial charge in [-0.2, -0.15) is 0 Å². The first-order chi connectivity index (χ1) is 9.54. The van der Waals surface area contributed by atoms with Crippen molar-refractivity contribution in [1.29, 1.82) is 0 Å². The van der Waals surface area contributed by atoms with E-state index in [9.17, 15) is 4.79 Å². The van der Waals surface area contributed by atoms with Crippen molar-refractivity contribution < 1.29 is 4.79 Å². The van der Waals surface area contributed by atoms with Crippen molar-refractivity contribution >= 4 is 34.5 Å². The second-order valence-corrected chi connectivity index (χ2v) is 6.21. The molecule has 1 atom stereocenters. The van der Waals surface area contributed by atoms with E-state index in [1.54, 1.807) is 6.20 Å². The summed E-state index contributed by atoms with van der Waals surface area (Å²) in [6.45, 7) is 4.24. The fraction of sp³-hybridized carbons (Fsp3) is 0.286. The molecule has 0 radical (unpaired) electrons. The molecule has 2 rings (SSSR count). The highest BCUT2D eigenvalue weighted by molar-refractivity contribution is 7.15. The summed E-state index contributed by atoms with van der Waals surface area (Å²) in [5.41, 5.74) is 1.92. The third-order valence-corrected chi connectivity index (χ3v) is 3.91. The molecule has 1 heterocycles. The number of halogens is 1. The molecule has 0 spiro atoms. The van der Waals surface area contributed by atoms with Gasteiger partial charge in [0.25, 0.3) is 0 Å². The molecule has 0 aliphatic carbocycles. The van der Waals surface area contributed by atoms with Gasteiger partial charge in [-0.25, -0.2) is 4.98 Å². The number of rotatable bonds is 5. The van der Waals surface area contributed by atoms with Crippen LogP contribution >= 0.6 is 22.9 Å². The number of thiazole rings is 1. The highest BCUT2D eigenvalue weighted by Gasteiger charge is 2.07. The molecule has 106 valence electrons. The van der Waals surface area contributed by atoms with Gasteiger partial charge >= 0.3 is 0 Å². The summed E-state index contributed by atoms with van der Waals surface area (Å²) in [6, 6.07) is 7.95. The van der Waals surface area contributed by atoms with Gasteiger partial charge in [-0.05, 0) is 24.6 Å². The molecule has 1 amide bonds. The Hall–Kier alpha value is -1.43. The van der Waals surface area contributed by atoms with E-state index in [2.05, 4.69) is 22.5 Å². The summed E-state index contributed by atoms with van der Waals surface area (Å²) in [4.78, 5) is 15.3. The van der Waals surface area contributed by atoms with Crippen LogP contribution in [0, 0.1) is 0 Å². The summed E-state index contributed by atoms with van der Waals surface area (Å²) in [7, 11) is 0. The van der Waals surface area contributed by atoms with Crippen molar-refractivity contribution in [3.63, 3.8) is 0 Å². The zero-order valence-corrected chi connectivity index (χ0v) is 12.9. The zero-order valence-electron chi connectivity index (χ0n) is 11.3. The molecule has 0 fully saturated rings. The first-order valence-corrected chi connectivity index (χ1v) is 7.45. The molecule has 20 heavy (non-hydrogen) atoms. The summed E-state index contributed by atoms with van der Waals surface area (Å²) in [6.07, 6.45) is 1.66. The fourth-order valence-corrected chi connectivity index (χ4v) is 2.72. The van der Waals surface area contributed by atoms with E-state index in [0.29, 0.717) is 10.9 Å². The van der Waals surface area contributed by atoms with Gasteiger partial charge in [0.1, 0.15) is 9.34 Å². The predicted molar refractivity (Wildman–Crippen MR) is 83.1 cm³/mol. The Balaban J connectivity index is 1.97. The number of carbonyl (C=O) groups is 1. The molecule has 1 aromatic heterocycles. The van der Waals surface area contributed by atoms with Crippen molar-refractivity contribution in [2.24, 2.45) is 0 Å². The first-order valence-electron chi connectivity index (χ1n) is 6.26. The van der Waals surface area contributed by atoms with Crippen molar-refractivity contribution in [3.05, 3.63) is 45.4 Å². The Morgan fingerprint density at radius 2 is 2.30 bits per heavy atom. The molecule has 0 saturated heterocycles. The third kappa shape index (κ3) is 4.30. The largest absolute Gasteiger partial charge is 0.326 e. The summed E-state index contributed by atoms with van der Waals surface area (Å²) in [5, 5.41) is 7.13. The van der Waals surface area contributed by atoms with E-state index >= 15 is 0 Å². The van der Waals surface area contributed by atoms with Gasteiger partial charge in [-0.3, -0.25) is 4.79 Å². The number of benzene rings is 1. The van der Waals surface area contributed by atoms with Crippen molar-refractivity contribution in [3.8, 4) is 0 Å². The van der Waals surface area contributed by atoms with E-state index in [0.717, 1.165) is 16.3 Å². The van der Waals surface area contributed by atoms with Crippen LogP contribution in [-0.2, 0) is 11.3 Å². The molecular formula is C14H16ClN3OS. The smallest absolute Gasteiger partial charge is 0.221 e. The SMILES string of the molecule is CC(=O)Nc1cccc(C(C)NCc2ncc(Cl)s2)c1. The minimum Gasteiger partial charge on any atom is -0.326 e. The van der Waals surface area contributed by atoms with Gasteiger partial charge in [0.2, 0.25) is 5.91 Å². The molecule has 1 unspecified atom stereocenters. The highest BCUT2D eigenvalue weighted by Crippen LogP contribution is 2.20. The highest BCUT2D eigenvalue weighted by atomic mass is 35.5. The van der Waals surface area contributed by atoms with Crippen LogP contribution in [0.1, 0.15) is 30.5 Å². The van der Waals surface area contributed by atoms with E-state index in [4.69, 9.17) is 11.6 Å². The number of amides is 1. The maximum atomic E-state index is 11.1. The van der Waals surface area contributed by atoms with E-state index in [1.807, 2.05) is 24.3 Å². The van der Waals surface area contributed by atoms with Crippen LogP contribution in [0.25, 0.3) is 0 Å². The zero-order chi connectivity index (χ0) is 14.5. The van der Waals surface area contributed by atoms with Crippen molar-refractivity contribution in [2.45, 2.75) is 26.4 Å². The molecule has 2 aromatic rings.